The van der Waals surface area contributed by atoms with Crippen molar-refractivity contribution in [1.82, 2.24) is 0 Å². The molecule has 0 saturated carbocycles. The van der Waals surface area contributed by atoms with Crippen molar-refractivity contribution >= 4 is 0 Å². The molecule has 0 amide bonds. The normalized spacial score (nSPS) is 10.3. The minimum absolute atomic E-state index is 0.212. The molecule has 1 aromatic rings. The zero-order valence-electron chi connectivity index (χ0n) is 8.22. The third kappa shape index (κ3) is 3.58. The Balaban J connectivity index is 2.48. The summed E-state index contributed by atoms with van der Waals surface area (Å²) in [7, 11) is 0. The molecule has 0 saturated heterocycles. The van der Waals surface area contributed by atoms with E-state index in [9.17, 15) is 4.39 Å². The third-order valence-electron chi connectivity index (χ3n) is 2.16. The van der Waals surface area contributed by atoms with E-state index in [-0.39, 0.29) is 6.67 Å². The lowest BCUT2D eigenvalue weighted by Gasteiger charge is -2.01. The highest BCUT2D eigenvalue weighted by Gasteiger charge is 1.94. The van der Waals surface area contributed by atoms with E-state index < -0.39 is 0 Å². The number of hydrogen-bond donors (Lipinski definition) is 0. The smallest absolute Gasteiger partial charge is 0.0897 e. The molecular formula is C12H17F. The molecule has 0 aliphatic carbocycles. The quantitative estimate of drug-likeness (QED) is 0.650. The van der Waals surface area contributed by atoms with Gasteiger partial charge < -0.3 is 0 Å². The summed E-state index contributed by atoms with van der Waals surface area (Å²) in [4.78, 5) is 0. The maximum atomic E-state index is 11.9. The Morgan fingerprint density at radius 2 is 1.54 bits per heavy atom. The standard InChI is InChI=1S/C12H17F/c1-2-4-11-6-8-12(9-7-11)5-3-10-13/h6-9H,2-5,10H2,1H3. The molecule has 1 heteroatoms. The molecule has 72 valence electrons. The average molecular weight is 180 g/mol. The number of halogens is 1. The monoisotopic (exact) mass is 180 g/mol. The van der Waals surface area contributed by atoms with E-state index in [1.807, 2.05) is 0 Å². The van der Waals surface area contributed by atoms with Crippen LogP contribution in [0.4, 0.5) is 4.39 Å². The van der Waals surface area contributed by atoms with E-state index in [0.29, 0.717) is 6.42 Å². The van der Waals surface area contributed by atoms with Crippen molar-refractivity contribution in [3.63, 3.8) is 0 Å². The van der Waals surface area contributed by atoms with Crippen molar-refractivity contribution in [3.8, 4) is 0 Å². The molecular weight excluding hydrogens is 163 g/mol. The molecule has 13 heavy (non-hydrogen) atoms. The van der Waals surface area contributed by atoms with Crippen molar-refractivity contribution < 1.29 is 4.39 Å². The molecule has 0 bridgehead atoms. The molecule has 0 N–H and O–H groups in total. The second kappa shape index (κ2) is 5.74. The lowest BCUT2D eigenvalue weighted by atomic mass is 10.1. The predicted octanol–water partition coefficient (Wildman–Crippen LogP) is 3.54. The molecule has 0 heterocycles. The van der Waals surface area contributed by atoms with E-state index >= 15 is 0 Å². The summed E-state index contributed by atoms with van der Waals surface area (Å²) in [6.07, 6.45) is 3.84. The summed E-state index contributed by atoms with van der Waals surface area (Å²) < 4.78 is 11.9. The van der Waals surface area contributed by atoms with E-state index in [4.69, 9.17) is 0 Å². The van der Waals surface area contributed by atoms with Gasteiger partial charge in [-0.2, -0.15) is 0 Å². The first kappa shape index (κ1) is 10.2. The third-order valence-corrected chi connectivity index (χ3v) is 2.16. The Hall–Kier alpha value is -0.850. The van der Waals surface area contributed by atoms with Crippen molar-refractivity contribution in [3.05, 3.63) is 35.4 Å². The van der Waals surface area contributed by atoms with Gasteiger partial charge in [-0.05, 0) is 30.4 Å². The zero-order valence-corrected chi connectivity index (χ0v) is 8.22. The molecule has 0 aliphatic heterocycles. The van der Waals surface area contributed by atoms with Crippen LogP contribution in [0.5, 0.6) is 0 Å². The first-order valence-electron chi connectivity index (χ1n) is 5.00. The molecule has 1 aromatic carbocycles. The summed E-state index contributed by atoms with van der Waals surface area (Å²) in [6, 6.07) is 8.52. The van der Waals surface area contributed by atoms with Crippen molar-refractivity contribution in [2.24, 2.45) is 0 Å². The van der Waals surface area contributed by atoms with Gasteiger partial charge in [0.25, 0.3) is 0 Å². The lowest BCUT2D eigenvalue weighted by molar-refractivity contribution is 0.473. The highest BCUT2D eigenvalue weighted by Crippen LogP contribution is 2.08. The van der Waals surface area contributed by atoms with Gasteiger partial charge >= 0.3 is 0 Å². The van der Waals surface area contributed by atoms with E-state index in [1.54, 1.807) is 0 Å². The topological polar surface area (TPSA) is 0 Å². The van der Waals surface area contributed by atoms with Crippen LogP contribution in [0.15, 0.2) is 24.3 Å². The molecule has 0 aliphatic rings. The van der Waals surface area contributed by atoms with Gasteiger partial charge in [-0.25, -0.2) is 0 Å². The van der Waals surface area contributed by atoms with Crippen LogP contribution in [0.3, 0.4) is 0 Å². The van der Waals surface area contributed by atoms with Crippen LogP contribution in [0.2, 0.25) is 0 Å². The van der Waals surface area contributed by atoms with Crippen LogP contribution < -0.4 is 0 Å². The summed E-state index contributed by atoms with van der Waals surface area (Å²) in [5, 5.41) is 0. The molecule has 0 atom stereocenters. The summed E-state index contributed by atoms with van der Waals surface area (Å²) in [5.74, 6) is 0. The summed E-state index contributed by atoms with van der Waals surface area (Å²) >= 11 is 0. The van der Waals surface area contributed by atoms with E-state index in [1.165, 1.54) is 17.5 Å². The fourth-order valence-corrected chi connectivity index (χ4v) is 1.43. The maximum Gasteiger partial charge on any atom is 0.0897 e. The van der Waals surface area contributed by atoms with Crippen molar-refractivity contribution in [1.29, 1.82) is 0 Å². The minimum Gasteiger partial charge on any atom is -0.251 e. The van der Waals surface area contributed by atoms with Crippen LogP contribution in [0.25, 0.3) is 0 Å². The Kier molecular flexibility index (Phi) is 4.52. The molecule has 0 spiro atoms. The highest BCUT2D eigenvalue weighted by molar-refractivity contribution is 5.22. The Morgan fingerprint density at radius 1 is 1.00 bits per heavy atom. The predicted molar refractivity (Wildman–Crippen MR) is 54.7 cm³/mol. The largest absolute Gasteiger partial charge is 0.251 e. The molecule has 0 nitrogen and oxygen atoms in total. The first-order valence-corrected chi connectivity index (χ1v) is 5.00. The summed E-state index contributed by atoms with van der Waals surface area (Å²) in [6.45, 7) is 1.97. The van der Waals surface area contributed by atoms with Crippen molar-refractivity contribution in [2.75, 3.05) is 6.67 Å². The van der Waals surface area contributed by atoms with Crippen LogP contribution in [-0.2, 0) is 12.8 Å². The van der Waals surface area contributed by atoms with Gasteiger partial charge in [0.2, 0.25) is 0 Å². The Labute approximate surface area is 79.8 Å². The van der Waals surface area contributed by atoms with Gasteiger partial charge in [0, 0.05) is 0 Å². The Bertz CT molecular complexity index is 225. The highest BCUT2D eigenvalue weighted by atomic mass is 19.1. The van der Waals surface area contributed by atoms with Crippen LogP contribution in [-0.4, -0.2) is 6.67 Å². The van der Waals surface area contributed by atoms with E-state index in [0.717, 1.165) is 12.8 Å². The second-order valence-electron chi connectivity index (χ2n) is 3.36. The van der Waals surface area contributed by atoms with Crippen LogP contribution in [0.1, 0.15) is 30.9 Å². The zero-order chi connectivity index (χ0) is 9.52. The number of hydrogen-bond acceptors (Lipinski definition) is 0. The molecule has 0 fully saturated rings. The second-order valence-corrected chi connectivity index (χ2v) is 3.36. The number of rotatable bonds is 5. The van der Waals surface area contributed by atoms with Gasteiger partial charge in [-0.3, -0.25) is 4.39 Å². The SMILES string of the molecule is CCCc1ccc(CCCF)cc1. The lowest BCUT2D eigenvalue weighted by Crippen LogP contribution is -1.88. The summed E-state index contributed by atoms with van der Waals surface area (Å²) in [5.41, 5.74) is 2.63. The van der Waals surface area contributed by atoms with Gasteiger partial charge in [-0.1, -0.05) is 37.6 Å². The van der Waals surface area contributed by atoms with E-state index in [2.05, 4.69) is 31.2 Å². The maximum absolute atomic E-state index is 11.9. The van der Waals surface area contributed by atoms with Gasteiger partial charge in [0.05, 0.1) is 6.67 Å². The van der Waals surface area contributed by atoms with Crippen LogP contribution >= 0.6 is 0 Å². The van der Waals surface area contributed by atoms with Gasteiger partial charge in [-0.15, -0.1) is 0 Å². The number of alkyl halides is 1. The van der Waals surface area contributed by atoms with Gasteiger partial charge in [0.1, 0.15) is 0 Å². The minimum atomic E-state index is -0.212. The average Bonchev–Trinajstić information content (AvgIpc) is 2.17. The fraction of sp³-hybridized carbons (Fsp3) is 0.500. The van der Waals surface area contributed by atoms with Crippen LogP contribution in [0, 0.1) is 0 Å². The number of benzene rings is 1. The Morgan fingerprint density at radius 3 is 2.00 bits per heavy atom. The first-order chi connectivity index (χ1) is 6.36. The molecule has 0 unspecified atom stereocenters. The van der Waals surface area contributed by atoms with Crippen molar-refractivity contribution in [2.45, 2.75) is 32.6 Å². The molecule has 0 aromatic heterocycles. The molecule has 1 rings (SSSR count). The van der Waals surface area contributed by atoms with Gasteiger partial charge in [0.15, 0.2) is 0 Å². The number of aryl methyl sites for hydroxylation is 2. The fourth-order valence-electron chi connectivity index (χ4n) is 1.43. The molecule has 0 radical (unpaired) electrons.